The van der Waals surface area contributed by atoms with E-state index >= 15 is 0 Å². The van der Waals surface area contributed by atoms with E-state index in [0.29, 0.717) is 17.2 Å². The van der Waals surface area contributed by atoms with E-state index in [9.17, 15) is 4.79 Å². The van der Waals surface area contributed by atoms with Crippen molar-refractivity contribution in [2.75, 3.05) is 27.2 Å². The fraction of sp³-hybridized carbons (Fsp3) is 0.611. The highest BCUT2D eigenvalue weighted by Crippen LogP contribution is 2.56. The fourth-order valence-electron chi connectivity index (χ4n) is 4.23. The molecule has 7 heteroatoms. The molecule has 1 unspecified atom stereocenters. The van der Waals surface area contributed by atoms with E-state index in [-0.39, 0.29) is 5.91 Å². The zero-order valence-corrected chi connectivity index (χ0v) is 14.9. The maximum Gasteiger partial charge on any atom is 0.275 e. The lowest BCUT2D eigenvalue weighted by molar-refractivity contribution is -0.0334. The monoisotopic (exact) mass is 343 g/mol. The highest BCUT2D eigenvalue weighted by molar-refractivity contribution is 5.91. The van der Waals surface area contributed by atoms with E-state index in [2.05, 4.69) is 15.2 Å². The van der Waals surface area contributed by atoms with Crippen molar-refractivity contribution in [1.82, 2.24) is 24.8 Å². The number of hydrogen-bond acceptors (Lipinski definition) is 5. The molecule has 2 fully saturated rings. The molecule has 0 N–H and O–H groups in total. The molecule has 2 aromatic heterocycles. The van der Waals surface area contributed by atoms with Crippen molar-refractivity contribution >= 4 is 5.91 Å². The van der Waals surface area contributed by atoms with Crippen molar-refractivity contribution in [3.05, 3.63) is 36.0 Å². The number of furan rings is 1. The Kier molecular flexibility index (Phi) is 4.11. The van der Waals surface area contributed by atoms with Gasteiger partial charge in [-0.3, -0.25) is 9.69 Å². The Balaban J connectivity index is 1.40. The lowest BCUT2D eigenvalue weighted by atomic mass is 9.59. The molecular formula is C18H25N5O2. The Morgan fingerprint density at radius 2 is 2.16 bits per heavy atom. The SMILES string of the molecule is CN(C)C(=O)c1cn(C2CCC23CCN(Cc2ccoc2)CC3)nn1. The summed E-state index contributed by atoms with van der Waals surface area (Å²) in [5.74, 6) is -0.0884. The average molecular weight is 343 g/mol. The van der Waals surface area contributed by atoms with Gasteiger partial charge in [0.15, 0.2) is 5.69 Å². The Morgan fingerprint density at radius 3 is 2.76 bits per heavy atom. The highest BCUT2D eigenvalue weighted by atomic mass is 16.3. The van der Waals surface area contributed by atoms with Crippen LogP contribution in [0.2, 0.25) is 0 Å². The second-order valence-corrected chi connectivity index (χ2v) is 7.61. The number of carbonyl (C=O) groups is 1. The van der Waals surface area contributed by atoms with Gasteiger partial charge in [0, 0.05) is 26.2 Å². The molecule has 0 bridgehead atoms. The van der Waals surface area contributed by atoms with Gasteiger partial charge in [-0.1, -0.05) is 5.21 Å². The number of carbonyl (C=O) groups excluding carboxylic acids is 1. The van der Waals surface area contributed by atoms with Crippen LogP contribution in [0.5, 0.6) is 0 Å². The van der Waals surface area contributed by atoms with Crippen molar-refractivity contribution in [1.29, 1.82) is 0 Å². The first-order valence-corrected chi connectivity index (χ1v) is 8.94. The van der Waals surface area contributed by atoms with E-state index in [4.69, 9.17) is 4.42 Å². The second kappa shape index (κ2) is 6.29. The molecule has 1 saturated heterocycles. The maximum absolute atomic E-state index is 12.0. The minimum Gasteiger partial charge on any atom is -0.472 e. The molecule has 1 spiro atoms. The quantitative estimate of drug-likeness (QED) is 0.851. The first kappa shape index (κ1) is 16.3. The lowest BCUT2D eigenvalue weighted by Gasteiger charge is -2.53. The van der Waals surface area contributed by atoms with Crippen LogP contribution in [0.4, 0.5) is 0 Å². The standard InChI is InChI=1S/C18H25N5O2/c1-21(2)17(24)15-12-23(20-19-15)16-3-5-18(16)6-8-22(9-7-18)11-14-4-10-25-13-14/h4,10,12-13,16H,3,5-9,11H2,1-2H3. The third-order valence-corrected chi connectivity index (χ3v) is 5.92. The Hall–Kier alpha value is -2.15. The number of rotatable bonds is 4. The van der Waals surface area contributed by atoms with Gasteiger partial charge in [-0.25, -0.2) is 4.68 Å². The molecule has 134 valence electrons. The lowest BCUT2D eigenvalue weighted by Crippen LogP contribution is -2.49. The zero-order chi connectivity index (χ0) is 17.4. The molecule has 1 aliphatic heterocycles. The van der Waals surface area contributed by atoms with Gasteiger partial charge in [-0.2, -0.15) is 0 Å². The third kappa shape index (κ3) is 2.97. The van der Waals surface area contributed by atoms with Crippen LogP contribution >= 0.6 is 0 Å². The van der Waals surface area contributed by atoms with Gasteiger partial charge >= 0.3 is 0 Å². The van der Waals surface area contributed by atoms with Gasteiger partial charge in [0.2, 0.25) is 0 Å². The molecule has 0 radical (unpaired) electrons. The maximum atomic E-state index is 12.0. The molecule has 1 amide bonds. The van der Waals surface area contributed by atoms with Gasteiger partial charge in [0.05, 0.1) is 24.8 Å². The van der Waals surface area contributed by atoms with Crippen molar-refractivity contribution in [2.24, 2.45) is 5.41 Å². The summed E-state index contributed by atoms with van der Waals surface area (Å²) in [6.07, 6.45) is 10.1. The summed E-state index contributed by atoms with van der Waals surface area (Å²) in [6.45, 7) is 3.15. The van der Waals surface area contributed by atoms with E-state index in [1.54, 1.807) is 25.3 Å². The summed E-state index contributed by atoms with van der Waals surface area (Å²) in [5, 5.41) is 8.35. The number of amides is 1. The van der Waals surface area contributed by atoms with E-state index in [1.807, 2.05) is 23.2 Å². The van der Waals surface area contributed by atoms with Crippen molar-refractivity contribution in [2.45, 2.75) is 38.3 Å². The molecule has 3 heterocycles. The van der Waals surface area contributed by atoms with E-state index < -0.39 is 0 Å². The van der Waals surface area contributed by atoms with Crippen LogP contribution in [-0.2, 0) is 6.54 Å². The summed E-state index contributed by atoms with van der Waals surface area (Å²) < 4.78 is 7.10. The number of hydrogen-bond donors (Lipinski definition) is 0. The second-order valence-electron chi connectivity index (χ2n) is 7.61. The molecule has 25 heavy (non-hydrogen) atoms. The van der Waals surface area contributed by atoms with Gasteiger partial charge in [-0.05, 0) is 50.3 Å². The van der Waals surface area contributed by atoms with Crippen LogP contribution in [0.1, 0.15) is 47.8 Å². The largest absolute Gasteiger partial charge is 0.472 e. The van der Waals surface area contributed by atoms with Crippen LogP contribution in [0.15, 0.2) is 29.2 Å². The Labute approximate surface area is 147 Å². The van der Waals surface area contributed by atoms with Gasteiger partial charge in [0.25, 0.3) is 5.91 Å². The fourth-order valence-corrected chi connectivity index (χ4v) is 4.23. The first-order valence-electron chi connectivity index (χ1n) is 8.94. The predicted molar refractivity (Wildman–Crippen MR) is 92.0 cm³/mol. The minimum absolute atomic E-state index is 0.0884. The average Bonchev–Trinajstić information content (AvgIpc) is 3.26. The molecular weight excluding hydrogens is 318 g/mol. The molecule has 4 rings (SSSR count). The summed E-state index contributed by atoms with van der Waals surface area (Å²) >= 11 is 0. The molecule has 7 nitrogen and oxygen atoms in total. The predicted octanol–water partition coefficient (Wildman–Crippen LogP) is 2.19. The third-order valence-electron chi connectivity index (χ3n) is 5.92. The first-order chi connectivity index (χ1) is 12.1. The molecule has 0 aromatic carbocycles. The molecule has 2 aliphatic rings. The van der Waals surface area contributed by atoms with Gasteiger partial charge in [0.1, 0.15) is 0 Å². The number of aromatic nitrogens is 3. The van der Waals surface area contributed by atoms with E-state index in [1.165, 1.54) is 24.8 Å². The number of nitrogens with zero attached hydrogens (tertiary/aromatic N) is 5. The summed E-state index contributed by atoms with van der Waals surface area (Å²) in [7, 11) is 3.48. The van der Waals surface area contributed by atoms with E-state index in [0.717, 1.165) is 26.1 Å². The van der Waals surface area contributed by atoms with Crippen molar-refractivity contribution in [3.8, 4) is 0 Å². The van der Waals surface area contributed by atoms with Crippen molar-refractivity contribution < 1.29 is 9.21 Å². The van der Waals surface area contributed by atoms with Crippen LogP contribution < -0.4 is 0 Å². The molecule has 1 atom stereocenters. The molecule has 1 saturated carbocycles. The number of likely N-dealkylation sites (tertiary alicyclic amines) is 1. The summed E-state index contributed by atoms with van der Waals surface area (Å²) in [5.41, 5.74) is 1.99. The highest BCUT2D eigenvalue weighted by Gasteiger charge is 2.49. The Morgan fingerprint density at radius 1 is 1.36 bits per heavy atom. The Bertz CT molecular complexity index is 728. The summed E-state index contributed by atoms with van der Waals surface area (Å²) in [6, 6.07) is 2.41. The van der Waals surface area contributed by atoms with Crippen LogP contribution in [0.3, 0.4) is 0 Å². The van der Waals surface area contributed by atoms with Gasteiger partial charge < -0.3 is 9.32 Å². The molecule has 2 aromatic rings. The topological polar surface area (TPSA) is 67.4 Å². The normalized spacial score (nSPS) is 22.7. The number of piperidine rings is 1. The zero-order valence-electron chi connectivity index (χ0n) is 14.9. The van der Waals surface area contributed by atoms with Crippen LogP contribution in [-0.4, -0.2) is 57.9 Å². The minimum atomic E-state index is -0.0884. The van der Waals surface area contributed by atoms with Crippen LogP contribution in [0.25, 0.3) is 0 Å². The van der Waals surface area contributed by atoms with Gasteiger partial charge in [-0.15, -0.1) is 5.10 Å². The van der Waals surface area contributed by atoms with Crippen LogP contribution in [0, 0.1) is 5.41 Å². The summed E-state index contributed by atoms with van der Waals surface area (Å²) in [4.78, 5) is 16.1. The molecule has 1 aliphatic carbocycles. The van der Waals surface area contributed by atoms with Crippen molar-refractivity contribution in [3.63, 3.8) is 0 Å². The smallest absolute Gasteiger partial charge is 0.275 e.